The van der Waals surface area contributed by atoms with Crippen molar-refractivity contribution in [1.29, 1.82) is 0 Å². The molecule has 0 unspecified atom stereocenters. The molecule has 0 atom stereocenters. The lowest BCUT2D eigenvalue weighted by atomic mass is 9.97. The summed E-state index contributed by atoms with van der Waals surface area (Å²) < 4.78 is 0. The molecule has 0 aromatic heterocycles. The maximum atomic E-state index is 2.21. The molecular weight excluding hydrogens is 252 g/mol. The van der Waals surface area contributed by atoms with Crippen LogP contribution in [0.3, 0.4) is 0 Å². The van der Waals surface area contributed by atoms with Gasteiger partial charge in [-0.1, -0.05) is 30.3 Å². The van der Waals surface area contributed by atoms with E-state index in [2.05, 4.69) is 91.0 Å². The highest BCUT2D eigenvalue weighted by Crippen LogP contribution is 2.34. The fourth-order valence-corrected chi connectivity index (χ4v) is 2.98. The minimum absolute atomic E-state index is 1.26. The second-order valence-corrected chi connectivity index (χ2v) is 5.25. The second-order valence-electron chi connectivity index (χ2n) is 5.25. The molecule has 98 valence electrons. The van der Waals surface area contributed by atoms with Gasteiger partial charge in [-0.15, -0.1) is 0 Å². The lowest BCUT2D eigenvalue weighted by Crippen LogP contribution is -1.79. The minimum atomic E-state index is 1.26. The summed E-state index contributed by atoms with van der Waals surface area (Å²) in [6.45, 7) is 0. The van der Waals surface area contributed by atoms with Crippen LogP contribution in [0.4, 0.5) is 0 Å². The van der Waals surface area contributed by atoms with E-state index in [1.165, 1.54) is 32.7 Å². The van der Waals surface area contributed by atoms with E-state index in [9.17, 15) is 0 Å². The lowest BCUT2D eigenvalue weighted by Gasteiger charge is -2.01. The van der Waals surface area contributed by atoms with E-state index in [0.29, 0.717) is 0 Å². The largest absolute Gasteiger partial charge is 0.0796 e. The third kappa shape index (κ3) is 2.05. The molecule has 0 aliphatic carbocycles. The maximum Gasteiger partial charge on any atom is 0.0796 e. The number of fused-ring (bicyclic) bond motifs is 2. The molecule has 0 saturated heterocycles. The van der Waals surface area contributed by atoms with E-state index in [1.54, 1.807) is 0 Å². The number of benzene rings is 3. The SMILES string of the molecule is c1ccc(-c2c3ccccc3ccc3cccc[c+]23)cc1. The van der Waals surface area contributed by atoms with Gasteiger partial charge in [-0.25, -0.2) is 0 Å². The Bertz CT molecular complexity index is 869. The van der Waals surface area contributed by atoms with Crippen LogP contribution in [-0.4, -0.2) is 0 Å². The van der Waals surface area contributed by atoms with E-state index < -0.39 is 0 Å². The summed E-state index contributed by atoms with van der Waals surface area (Å²) in [4.78, 5) is 0. The molecular formula is C21H15+. The molecule has 4 rings (SSSR count). The van der Waals surface area contributed by atoms with Crippen molar-refractivity contribution in [2.75, 3.05) is 0 Å². The Kier molecular flexibility index (Phi) is 2.86. The van der Waals surface area contributed by atoms with Gasteiger partial charge < -0.3 is 0 Å². The zero-order valence-corrected chi connectivity index (χ0v) is 11.7. The van der Waals surface area contributed by atoms with Crippen molar-refractivity contribution >= 4 is 21.5 Å². The molecule has 0 radical (unpaired) electrons. The Morgan fingerprint density at radius 2 is 1.33 bits per heavy atom. The number of hydrogen-bond acceptors (Lipinski definition) is 0. The Balaban J connectivity index is 2.28. The molecule has 0 bridgehead atoms. The molecule has 0 spiro atoms. The van der Waals surface area contributed by atoms with Gasteiger partial charge in [-0.05, 0) is 48.5 Å². The van der Waals surface area contributed by atoms with Crippen LogP contribution in [0.5, 0.6) is 0 Å². The van der Waals surface area contributed by atoms with Crippen LogP contribution in [0, 0.1) is 0 Å². The fourth-order valence-electron chi connectivity index (χ4n) is 2.98. The van der Waals surface area contributed by atoms with E-state index in [4.69, 9.17) is 0 Å². The monoisotopic (exact) mass is 267 g/mol. The average molecular weight is 267 g/mol. The number of hydrogen-bond donors (Lipinski definition) is 0. The van der Waals surface area contributed by atoms with Gasteiger partial charge in [0.15, 0.2) is 0 Å². The normalized spacial score (nSPS) is 10.9. The fraction of sp³-hybridized carbons (Fsp3) is 0. The van der Waals surface area contributed by atoms with Crippen molar-refractivity contribution in [3.05, 3.63) is 91.0 Å². The topological polar surface area (TPSA) is 0 Å². The zero-order chi connectivity index (χ0) is 14.1. The highest BCUT2D eigenvalue weighted by molar-refractivity contribution is 6.09. The predicted molar refractivity (Wildman–Crippen MR) is 91.3 cm³/mol. The van der Waals surface area contributed by atoms with Crippen LogP contribution >= 0.6 is 0 Å². The maximum absolute atomic E-state index is 2.21. The third-order valence-corrected chi connectivity index (χ3v) is 3.97. The standard InChI is InChI=1S/C21H15/c1-2-10-18(11-3-1)21-19-12-6-4-8-16(19)14-15-17-9-5-7-13-20(17)21/h1-15H/q+1. The van der Waals surface area contributed by atoms with Crippen LogP contribution in [0.25, 0.3) is 32.7 Å². The minimum Gasteiger partial charge on any atom is -0.0611 e. The van der Waals surface area contributed by atoms with Crippen LogP contribution in [0.15, 0.2) is 91.0 Å². The van der Waals surface area contributed by atoms with Crippen molar-refractivity contribution in [3.8, 4) is 11.1 Å². The summed E-state index contributed by atoms with van der Waals surface area (Å²) in [5, 5.41) is 5.13. The van der Waals surface area contributed by atoms with Gasteiger partial charge in [-0.2, -0.15) is 0 Å². The molecule has 0 heterocycles. The van der Waals surface area contributed by atoms with Gasteiger partial charge in [0.2, 0.25) is 0 Å². The van der Waals surface area contributed by atoms with E-state index in [1.807, 2.05) is 0 Å². The Morgan fingerprint density at radius 1 is 0.571 bits per heavy atom. The molecule has 4 aromatic rings. The van der Waals surface area contributed by atoms with Gasteiger partial charge in [0.1, 0.15) is 0 Å². The Morgan fingerprint density at radius 3 is 2.24 bits per heavy atom. The summed E-state index contributed by atoms with van der Waals surface area (Å²) in [7, 11) is 0. The van der Waals surface area contributed by atoms with Gasteiger partial charge in [0.25, 0.3) is 0 Å². The summed E-state index contributed by atoms with van der Waals surface area (Å²) in [5.41, 5.74) is 2.58. The molecule has 0 heteroatoms. The lowest BCUT2D eigenvalue weighted by molar-refractivity contribution is 1.68. The summed E-state index contributed by atoms with van der Waals surface area (Å²) >= 11 is 0. The molecule has 0 aliphatic rings. The van der Waals surface area contributed by atoms with Crippen LogP contribution in [0.2, 0.25) is 0 Å². The molecule has 21 heavy (non-hydrogen) atoms. The summed E-state index contributed by atoms with van der Waals surface area (Å²) in [6.07, 6.45) is 0. The highest BCUT2D eigenvalue weighted by atomic mass is 14.1. The van der Waals surface area contributed by atoms with Gasteiger partial charge in [0, 0.05) is 28.5 Å². The summed E-state index contributed by atoms with van der Waals surface area (Å²) in [5.74, 6) is 0. The summed E-state index contributed by atoms with van der Waals surface area (Å²) in [6, 6.07) is 32.3. The molecule has 4 aromatic carbocycles. The average Bonchev–Trinajstić information content (AvgIpc) is 2.72. The third-order valence-electron chi connectivity index (χ3n) is 3.97. The zero-order valence-electron chi connectivity index (χ0n) is 11.7. The van der Waals surface area contributed by atoms with E-state index in [0.717, 1.165) is 0 Å². The highest BCUT2D eigenvalue weighted by Gasteiger charge is 2.12. The molecule has 0 amide bonds. The van der Waals surface area contributed by atoms with Crippen molar-refractivity contribution in [2.45, 2.75) is 0 Å². The van der Waals surface area contributed by atoms with Crippen molar-refractivity contribution < 1.29 is 0 Å². The van der Waals surface area contributed by atoms with Gasteiger partial charge >= 0.3 is 0 Å². The first-order valence-electron chi connectivity index (χ1n) is 7.23. The first-order chi connectivity index (χ1) is 10.4. The Labute approximate surface area is 124 Å². The molecule has 0 fully saturated rings. The second kappa shape index (κ2) is 4.99. The first kappa shape index (κ1) is 12.0. The quantitative estimate of drug-likeness (QED) is 0.374. The molecule has 0 saturated carbocycles. The van der Waals surface area contributed by atoms with Crippen molar-refractivity contribution in [1.82, 2.24) is 0 Å². The molecule has 0 N–H and O–H groups in total. The van der Waals surface area contributed by atoms with E-state index >= 15 is 0 Å². The van der Waals surface area contributed by atoms with Crippen molar-refractivity contribution in [2.24, 2.45) is 0 Å². The van der Waals surface area contributed by atoms with Crippen LogP contribution < -0.4 is 0 Å². The first-order valence-corrected chi connectivity index (χ1v) is 7.23. The van der Waals surface area contributed by atoms with E-state index in [-0.39, 0.29) is 0 Å². The smallest absolute Gasteiger partial charge is 0.0611 e. The number of rotatable bonds is 1. The van der Waals surface area contributed by atoms with Gasteiger partial charge in [0.05, 0.1) is 16.3 Å². The molecule has 0 nitrogen and oxygen atoms in total. The predicted octanol–water partition coefficient (Wildman–Crippen LogP) is 5.94. The molecule has 0 aliphatic heterocycles. The van der Waals surface area contributed by atoms with Crippen LogP contribution in [-0.2, 0) is 0 Å². The van der Waals surface area contributed by atoms with Crippen LogP contribution in [0.1, 0.15) is 0 Å². The van der Waals surface area contributed by atoms with Crippen molar-refractivity contribution in [3.63, 3.8) is 0 Å². The Hall–Kier alpha value is -2.73. The van der Waals surface area contributed by atoms with Gasteiger partial charge in [-0.3, -0.25) is 0 Å².